The van der Waals surface area contributed by atoms with Crippen LogP contribution in [0.15, 0.2) is 109 Å². The standard InChI is InChI=1S/C36H28N2.Pt/c1-37-23-29-21-28(20-25-11-3-5-13-31(25)29)34-16-8-10-18-36(34)38(2)24-30-22-27(33-15-7-9-17-35(33)37)19-26-12-4-6-14-32(26)30;/h3-20H,23-24H2,1-2H3;/q-2;+4. The van der Waals surface area contributed by atoms with Crippen molar-refractivity contribution in [2.75, 3.05) is 23.9 Å². The zero-order valence-electron chi connectivity index (χ0n) is 22.0. The van der Waals surface area contributed by atoms with Crippen molar-refractivity contribution in [1.82, 2.24) is 0 Å². The topological polar surface area (TPSA) is 6.48 Å². The molecule has 1 aliphatic rings. The molecule has 2 nitrogen and oxygen atoms in total. The molecule has 3 heteroatoms. The summed E-state index contributed by atoms with van der Waals surface area (Å²) in [5.41, 5.74) is 9.44. The van der Waals surface area contributed by atoms with Gasteiger partial charge in [0.05, 0.1) is 0 Å². The molecule has 0 spiro atoms. The molecular weight excluding hydrogens is 655 g/mol. The number of para-hydroxylation sites is 2. The van der Waals surface area contributed by atoms with E-state index in [1.807, 2.05) is 0 Å². The molecule has 0 saturated heterocycles. The molecule has 39 heavy (non-hydrogen) atoms. The van der Waals surface area contributed by atoms with Crippen LogP contribution in [0.25, 0.3) is 43.8 Å². The molecule has 0 aliphatic carbocycles. The fourth-order valence-corrected chi connectivity index (χ4v) is 5.89. The van der Waals surface area contributed by atoms with E-state index in [0.717, 1.165) is 24.2 Å². The van der Waals surface area contributed by atoms with Crippen molar-refractivity contribution in [3.05, 3.63) is 132 Å². The van der Waals surface area contributed by atoms with Crippen LogP contribution in [0.3, 0.4) is 0 Å². The van der Waals surface area contributed by atoms with Crippen LogP contribution in [0.4, 0.5) is 11.4 Å². The van der Waals surface area contributed by atoms with Gasteiger partial charge in [0.25, 0.3) is 0 Å². The summed E-state index contributed by atoms with van der Waals surface area (Å²) in [5.74, 6) is 0. The van der Waals surface area contributed by atoms with Gasteiger partial charge in [0.2, 0.25) is 0 Å². The first-order valence-corrected chi connectivity index (χ1v) is 13.1. The van der Waals surface area contributed by atoms with Gasteiger partial charge in [0, 0.05) is 38.6 Å². The van der Waals surface area contributed by atoms with E-state index >= 15 is 0 Å². The molecule has 0 N–H and O–H groups in total. The second-order valence-electron chi connectivity index (χ2n) is 10.2. The fraction of sp³-hybridized carbons (Fsp3) is 0.111. The Hall–Kier alpha value is -3.87. The van der Waals surface area contributed by atoms with Crippen LogP contribution in [0, 0.1) is 12.1 Å². The van der Waals surface area contributed by atoms with E-state index in [0.29, 0.717) is 0 Å². The predicted molar refractivity (Wildman–Crippen MR) is 161 cm³/mol. The SMILES string of the molecule is CN1Cc2[c-]c(cc3ccccc23)-c2ccccc2N(C)Cc2[c-]c(cc3ccccc23)-c2ccccc21.[Pt+4]. The summed E-state index contributed by atoms with van der Waals surface area (Å²) in [7, 11) is 4.37. The summed E-state index contributed by atoms with van der Waals surface area (Å²) < 4.78 is 0. The number of fused-ring (bicyclic) bond motifs is 12. The number of hydrogen-bond acceptors (Lipinski definition) is 2. The van der Waals surface area contributed by atoms with E-state index < -0.39 is 0 Å². The minimum Gasteiger partial charge on any atom is -0.379 e. The monoisotopic (exact) mass is 683 g/mol. The van der Waals surface area contributed by atoms with Gasteiger partial charge < -0.3 is 9.80 Å². The van der Waals surface area contributed by atoms with Gasteiger partial charge in [-0.05, 0) is 12.1 Å². The van der Waals surface area contributed by atoms with Gasteiger partial charge in [-0.25, -0.2) is 0 Å². The molecule has 6 aromatic rings. The third-order valence-electron chi connectivity index (χ3n) is 7.74. The average Bonchev–Trinajstić information content (AvgIpc) is 2.96. The second kappa shape index (κ2) is 10.4. The smallest absolute Gasteiger partial charge is 0.379 e. The van der Waals surface area contributed by atoms with E-state index in [2.05, 4.69) is 145 Å². The van der Waals surface area contributed by atoms with Crippen molar-refractivity contribution >= 4 is 32.9 Å². The van der Waals surface area contributed by atoms with Crippen molar-refractivity contribution in [3.8, 4) is 22.3 Å². The zero-order valence-corrected chi connectivity index (χ0v) is 24.3. The third kappa shape index (κ3) is 4.54. The fourth-order valence-electron chi connectivity index (χ4n) is 5.89. The van der Waals surface area contributed by atoms with Crippen LogP contribution in [-0.4, -0.2) is 14.1 Å². The van der Waals surface area contributed by atoms with Crippen LogP contribution in [0.2, 0.25) is 0 Å². The maximum Gasteiger partial charge on any atom is 4.00 e. The van der Waals surface area contributed by atoms with E-state index in [-0.39, 0.29) is 21.1 Å². The van der Waals surface area contributed by atoms with Gasteiger partial charge in [0.1, 0.15) is 0 Å². The maximum atomic E-state index is 3.84. The molecule has 1 heterocycles. The average molecular weight is 684 g/mol. The van der Waals surface area contributed by atoms with Gasteiger partial charge >= 0.3 is 21.1 Å². The van der Waals surface area contributed by atoms with E-state index in [4.69, 9.17) is 0 Å². The van der Waals surface area contributed by atoms with Gasteiger partial charge in [-0.1, -0.05) is 107 Å². The van der Waals surface area contributed by atoms with E-state index in [1.54, 1.807) is 0 Å². The van der Waals surface area contributed by atoms with Crippen LogP contribution in [-0.2, 0) is 34.2 Å². The van der Waals surface area contributed by atoms with Crippen molar-refractivity contribution in [2.45, 2.75) is 13.1 Å². The molecule has 0 fully saturated rings. The van der Waals surface area contributed by atoms with Crippen LogP contribution in [0.1, 0.15) is 11.1 Å². The predicted octanol–water partition coefficient (Wildman–Crippen LogP) is 8.51. The van der Waals surface area contributed by atoms with Crippen molar-refractivity contribution in [3.63, 3.8) is 0 Å². The summed E-state index contributed by atoms with van der Waals surface area (Å²) >= 11 is 0. The number of nitrogens with zero attached hydrogens (tertiary/aromatic N) is 2. The molecule has 0 aromatic heterocycles. The van der Waals surface area contributed by atoms with Crippen molar-refractivity contribution < 1.29 is 21.1 Å². The molecule has 0 atom stereocenters. The third-order valence-corrected chi connectivity index (χ3v) is 7.74. The van der Waals surface area contributed by atoms with Gasteiger partial charge in [-0.2, -0.15) is 0 Å². The first-order chi connectivity index (χ1) is 18.7. The Kier molecular flexibility index (Phi) is 6.75. The van der Waals surface area contributed by atoms with Gasteiger partial charge in [-0.3, -0.25) is 0 Å². The number of benzene rings is 6. The normalized spacial score (nSPS) is 12.9. The summed E-state index contributed by atoms with van der Waals surface area (Å²) in [4.78, 5) is 4.70. The quantitative estimate of drug-likeness (QED) is 0.148. The summed E-state index contributed by atoms with van der Waals surface area (Å²) in [6.07, 6.45) is 0. The molecule has 190 valence electrons. The molecule has 7 rings (SSSR count). The second-order valence-corrected chi connectivity index (χ2v) is 10.2. The molecule has 4 bridgehead atoms. The zero-order chi connectivity index (χ0) is 25.6. The Labute approximate surface area is 244 Å². The molecule has 0 saturated carbocycles. The Morgan fingerprint density at radius 3 is 1.36 bits per heavy atom. The van der Waals surface area contributed by atoms with Crippen LogP contribution in [0.5, 0.6) is 0 Å². The molecule has 6 aromatic carbocycles. The van der Waals surface area contributed by atoms with E-state index in [1.165, 1.54) is 55.2 Å². The Morgan fingerprint density at radius 2 is 0.897 bits per heavy atom. The summed E-state index contributed by atoms with van der Waals surface area (Å²) in [6.45, 7) is 1.51. The van der Waals surface area contributed by atoms with Gasteiger partial charge in [-0.15, -0.1) is 57.3 Å². The molecule has 1 aliphatic heterocycles. The first kappa shape index (κ1) is 25.4. The molecule has 0 radical (unpaired) electrons. The molecule has 0 amide bonds. The van der Waals surface area contributed by atoms with Crippen molar-refractivity contribution in [2.24, 2.45) is 0 Å². The van der Waals surface area contributed by atoms with Crippen LogP contribution < -0.4 is 9.80 Å². The molecular formula is C36H28N2Pt+2. The van der Waals surface area contributed by atoms with E-state index in [9.17, 15) is 0 Å². The minimum atomic E-state index is 0. The Morgan fingerprint density at radius 1 is 0.513 bits per heavy atom. The Balaban J connectivity index is 0.00000277. The van der Waals surface area contributed by atoms with Crippen LogP contribution >= 0.6 is 0 Å². The molecule has 0 unspecified atom stereocenters. The number of rotatable bonds is 0. The minimum absolute atomic E-state index is 0. The largest absolute Gasteiger partial charge is 4.00 e. The first-order valence-electron chi connectivity index (χ1n) is 13.1. The number of hydrogen-bond donors (Lipinski definition) is 0. The number of anilines is 2. The Bertz CT molecular complexity index is 1690. The summed E-state index contributed by atoms with van der Waals surface area (Å²) in [5, 5.41) is 4.98. The van der Waals surface area contributed by atoms with Gasteiger partial charge in [0.15, 0.2) is 0 Å². The summed E-state index contributed by atoms with van der Waals surface area (Å²) in [6, 6.07) is 47.0. The maximum absolute atomic E-state index is 3.84. The van der Waals surface area contributed by atoms with Crippen molar-refractivity contribution in [1.29, 1.82) is 0 Å².